The number of rotatable bonds is 4. The minimum atomic E-state index is -3.79. The lowest BCUT2D eigenvalue weighted by molar-refractivity contribution is 0.411. The molecule has 2 aromatic rings. The van der Waals surface area contributed by atoms with Crippen molar-refractivity contribution in [1.82, 2.24) is 0 Å². The van der Waals surface area contributed by atoms with Crippen molar-refractivity contribution in [2.75, 3.05) is 11.8 Å². The molecule has 0 bridgehead atoms. The number of sulfonamides is 1. The van der Waals surface area contributed by atoms with Crippen LogP contribution in [0.4, 0.5) is 5.69 Å². The molecule has 8 heteroatoms. The number of benzene rings is 2. The molecule has 0 heterocycles. The van der Waals surface area contributed by atoms with Crippen LogP contribution in [0, 0.1) is 3.57 Å². The van der Waals surface area contributed by atoms with Crippen LogP contribution in [0.1, 0.15) is 0 Å². The molecular formula is C13H10Cl2INO3S. The Hall–Kier alpha value is -0.700. The summed E-state index contributed by atoms with van der Waals surface area (Å²) in [5.74, 6) is 0.602. The molecule has 0 fully saturated rings. The molecule has 4 nitrogen and oxygen atoms in total. The molecule has 0 unspecified atom stereocenters. The van der Waals surface area contributed by atoms with Crippen LogP contribution in [0.15, 0.2) is 41.3 Å². The van der Waals surface area contributed by atoms with Crippen LogP contribution >= 0.6 is 45.8 Å². The average Bonchev–Trinajstić information content (AvgIpc) is 2.43. The first-order valence-corrected chi connectivity index (χ1v) is 8.97. The molecule has 0 spiro atoms. The third kappa shape index (κ3) is 3.74. The Kier molecular flexibility index (Phi) is 5.24. The van der Waals surface area contributed by atoms with E-state index in [-0.39, 0.29) is 20.6 Å². The van der Waals surface area contributed by atoms with Gasteiger partial charge < -0.3 is 4.74 Å². The quantitative estimate of drug-likeness (QED) is 0.692. The zero-order valence-corrected chi connectivity index (χ0v) is 15.2. The van der Waals surface area contributed by atoms with E-state index in [2.05, 4.69) is 4.72 Å². The lowest BCUT2D eigenvalue weighted by Crippen LogP contribution is -2.14. The molecule has 0 amide bonds. The van der Waals surface area contributed by atoms with Gasteiger partial charge in [0.2, 0.25) is 0 Å². The molecule has 0 aliphatic rings. The summed E-state index contributed by atoms with van der Waals surface area (Å²) in [6.07, 6.45) is 0. The number of ether oxygens (including phenoxy) is 1. The van der Waals surface area contributed by atoms with Crippen molar-refractivity contribution < 1.29 is 13.2 Å². The normalized spacial score (nSPS) is 11.2. The SMILES string of the molecule is COc1ccc(S(=O)(=O)Nc2c(Cl)cccc2Cl)cc1I. The van der Waals surface area contributed by atoms with Crippen molar-refractivity contribution in [2.45, 2.75) is 4.90 Å². The van der Waals surface area contributed by atoms with E-state index in [1.807, 2.05) is 22.6 Å². The van der Waals surface area contributed by atoms with Crippen LogP contribution in [0.2, 0.25) is 10.0 Å². The van der Waals surface area contributed by atoms with Gasteiger partial charge in [0.25, 0.3) is 10.0 Å². The zero-order valence-electron chi connectivity index (χ0n) is 10.7. The summed E-state index contributed by atoms with van der Waals surface area (Å²) in [6, 6.07) is 9.30. The first kappa shape index (κ1) is 16.7. The van der Waals surface area contributed by atoms with E-state index in [9.17, 15) is 8.42 Å². The summed E-state index contributed by atoms with van der Waals surface area (Å²) in [4.78, 5) is 0.101. The maximum absolute atomic E-state index is 12.4. The van der Waals surface area contributed by atoms with Crippen molar-refractivity contribution in [2.24, 2.45) is 0 Å². The largest absolute Gasteiger partial charge is 0.496 e. The van der Waals surface area contributed by atoms with Gasteiger partial charge in [-0.15, -0.1) is 0 Å². The fourth-order valence-electron chi connectivity index (χ4n) is 1.60. The number of para-hydroxylation sites is 1. The number of methoxy groups -OCH3 is 1. The second-order valence-corrected chi connectivity index (χ2v) is 7.66. The lowest BCUT2D eigenvalue weighted by Gasteiger charge is -2.12. The van der Waals surface area contributed by atoms with Crippen molar-refractivity contribution in [3.63, 3.8) is 0 Å². The van der Waals surface area contributed by atoms with Crippen LogP contribution in [-0.4, -0.2) is 15.5 Å². The van der Waals surface area contributed by atoms with Crippen LogP contribution in [0.25, 0.3) is 0 Å². The topological polar surface area (TPSA) is 55.4 Å². The van der Waals surface area contributed by atoms with Gasteiger partial charge in [-0.2, -0.15) is 0 Å². The first-order chi connectivity index (χ1) is 9.85. The number of hydrogen-bond acceptors (Lipinski definition) is 3. The molecule has 0 atom stereocenters. The Bertz CT molecular complexity index is 761. The van der Waals surface area contributed by atoms with E-state index in [4.69, 9.17) is 27.9 Å². The summed E-state index contributed by atoms with van der Waals surface area (Å²) in [5, 5.41) is 0.462. The van der Waals surface area contributed by atoms with Crippen LogP contribution in [0.3, 0.4) is 0 Å². The van der Waals surface area contributed by atoms with Gasteiger partial charge in [-0.05, 0) is 52.9 Å². The predicted molar refractivity (Wildman–Crippen MR) is 93.0 cm³/mol. The highest BCUT2D eigenvalue weighted by Gasteiger charge is 2.19. The Balaban J connectivity index is 2.41. The van der Waals surface area contributed by atoms with Crippen LogP contribution in [-0.2, 0) is 10.0 Å². The summed E-state index contributed by atoms with van der Waals surface area (Å²) < 4.78 is 33.0. The second-order valence-electron chi connectivity index (χ2n) is 4.00. The maximum Gasteiger partial charge on any atom is 0.262 e. The third-order valence-corrected chi connectivity index (χ3v) is 5.45. The van der Waals surface area contributed by atoms with E-state index in [0.717, 1.165) is 0 Å². The average molecular weight is 458 g/mol. The Morgan fingerprint density at radius 2 is 1.76 bits per heavy atom. The minimum absolute atomic E-state index is 0.101. The van der Waals surface area contributed by atoms with Gasteiger partial charge in [0.15, 0.2) is 0 Å². The van der Waals surface area contributed by atoms with Gasteiger partial charge >= 0.3 is 0 Å². The Labute approximate surface area is 146 Å². The maximum atomic E-state index is 12.4. The monoisotopic (exact) mass is 457 g/mol. The summed E-state index contributed by atoms with van der Waals surface area (Å²) in [5.41, 5.74) is 0.159. The Morgan fingerprint density at radius 3 is 2.29 bits per heavy atom. The van der Waals surface area contributed by atoms with Crippen molar-refractivity contribution in [3.8, 4) is 5.75 Å². The molecule has 2 rings (SSSR count). The molecule has 112 valence electrons. The molecule has 0 radical (unpaired) electrons. The number of nitrogens with one attached hydrogen (secondary N) is 1. The molecule has 0 aromatic heterocycles. The highest BCUT2D eigenvalue weighted by atomic mass is 127. The number of halogens is 3. The number of anilines is 1. The van der Waals surface area contributed by atoms with Gasteiger partial charge in [-0.1, -0.05) is 29.3 Å². The van der Waals surface area contributed by atoms with Gasteiger partial charge in [0, 0.05) is 0 Å². The number of hydrogen-bond donors (Lipinski definition) is 1. The van der Waals surface area contributed by atoms with Crippen molar-refractivity contribution in [1.29, 1.82) is 0 Å². The molecule has 1 N–H and O–H groups in total. The van der Waals surface area contributed by atoms with Gasteiger partial charge in [0.1, 0.15) is 5.75 Å². The molecule has 0 aliphatic carbocycles. The highest BCUT2D eigenvalue weighted by Crippen LogP contribution is 2.32. The van der Waals surface area contributed by atoms with Gasteiger partial charge in [-0.25, -0.2) is 8.42 Å². The van der Waals surface area contributed by atoms with Crippen LogP contribution < -0.4 is 9.46 Å². The summed E-state index contributed by atoms with van der Waals surface area (Å²) in [7, 11) is -2.26. The van der Waals surface area contributed by atoms with Gasteiger partial charge in [0.05, 0.1) is 31.3 Å². The van der Waals surface area contributed by atoms with Crippen molar-refractivity contribution >= 4 is 61.5 Å². The fraction of sp³-hybridized carbons (Fsp3) is 0.0769. The van der Waals surface area contributed by atoms with Gasteiger partial charge in [-0.3, -0.25) is 4.72 Å². The predicted octanol–water partition coefficient (Wildman–Crippen LogP) is 4.41. The van der Waals surface area contributed by atoms with E-state index < -0.39 is 10.0 Å². The van der Waals surface area contributed by atoms with E-state index in [1.54, 1.807) is 24.3 Å². The zero-order chi connectivity index (χ0) is 15.6. The molecular weight excluding hydrogens is 448 g/mol. The standard InChI is InChI=1S/C13H10Cl2INO3S/c1-20-12-6-5-8(7-11(12)16)21(18,19)17-13-9(14)3-2-4-10(13)15/h2-7,17H,1H3. The lowest BCUT2D eigenvalue weighted by atomic mass is 10.3. The fourth-order valence-corrected chi connectivity index (χ4v) is 4.28. The summed E-state index contributed by atoms with van der Waals surface area (Å²) in [6.45, 7) is 0. The molecule has 2 aromatic carbocycles. The minimum Gasteiger partial charge on any atom is -0.496 e. The second kappa shape index (κ2) is 6.60. The van der Waals surface area contributed by atoms with Crippen molar-refractivity contribution in [3.05, 3.63) is 50.0 Å². The van der Waals surface area contributed by atoms with E-state index in [0.29, 0.717) is 9.32 Å². The van der Waals surface area contributed by atoms with E-state index in [1.165, 1.54) is 19.2 Å². The third-order valence-electron chi connectivity index (χ3n) is 2.63. The van der Waals surface area contributed by atoms with E-state index >= 15 is 0 Å². The first-order valence-electron chi connectivity index (χ1n) is 5.65. The van der Waals surface area contributed by atoms with Crippen LogP contribution in [0.5, 0.6) is 5.75 Å². The Morgan fingerprint density at radius 1 is 1.14 bits per heavy atom. The molecule has 21 heavy (non-hydrogen) atoms. The highest BCUT2D eigenvalue weighted by molar-refractivity contribution is 14.1. The molecule has 0 aliphatic heterocycles. The molecule has 0 saturated heterocycles. The molecule has 0 saturated carbocycles. The summed E-state index contributed by atoms with van der Waals surface area (Å²) >= 11 is 13.9. The smallest absolute Gasteiger partial charge is 0.262 e.